The van der Waals surface area contributed by atoms with Crippen LogP contribution in [0.15, 0.2) is 24.3 Å². The van der Waals surface area contributed by atoms with E-state index in [9.17, 15) is 9.59 Å². The highest BCUT2D eigenvalue weighted by Crippen LogP contribution is 2.17. The molecule has 0 saturated carbocycles. The standard InChI is InChI=1S/C17H25N3O3/c1-13-5-4-9-20(12-13)17(22)18-8-10-23-16-7-3-6-15(11-16)19-14(2)21/h3,6-7,11,13H,4-5,8-10,12H2,1-2H3,(H,18,22)(H,19,21)/t13-/m1/s1. The molecule has 0 spiro atoms. The summed E-state index contributed by atoms with van der Waals surface area (Å²) in [6.07, 6.45) is 2.26. The number of amides is 3. The maximum absolute atomic E-state index is 12.0. The maximum atomic E-state index is 12.0. The normalized spacial score (nSPS) is 17.5. The van der Waals surface area contributed by atoms with Gasteiger partial charge in [-0.1, -0.05) is 13.0 Å². The summed E-state index contributed by atoms with van der Waals surface area (Å²) in [5.74, 6) is 1.12. The van der Waals surface area contributed by atoms with E-state index < -0.39 is 0 Å². The highest BCUT2D eigenvalue weighted by atomic mass is 16.5. The topological polar surface area (TPSA) is 70.7 Å². The Morgan fingerprint density at radius 3 is 2.96 bits per heavy atom. The van der Waals surface area contributed by atoms with E-state index in [1.807, 2.05) is 17.0 Å². The summed E-state index contributed by atoms with van der Waals surface area (Å²) >= 11 is 0. The van der Waals surface area contributed by atoms with E-state index >= 15 is 0 Å². The van der Waals surface area contributed by atoms with Crippen LogP contribution in [0.5, 0.6) is 5.75 Å². The molecule has 6 nitrogen and oxygen atoms in total. The van der Waals surface area contributed by atoms with Gasteiger partial charge in [0.1, 0.15) is 12.4 Å². The monoisotopic (exact) mass is 319 g/mol. The largest absolute Gasteiger partial charge is 0.492 e. The Hall–Kier alpha value is -2.24. The van der Waals surface area contributed by atoms with Crippen LogP contribution in [0, 0.1) is 5.92 Å². The molecule has 1 heterocycles. The lowest BCUT2D eigenvalue weighted by molar-refractivity contribution is -0.114. The van der Waals surface area contributed by atoms with E-state index in [2.05, 4.69) is 17.6 Å². The SMILES string of the molecule is CC(=O)Nc1cccc(OCCNC(=O)N2CCC[C@@H](C)C2)c1. The van der Waals surface area contributed by atoms with Crippen molar-refractivity contribution in [3.63, 3.8) is 0 Å². The van der Waals surface area contributed by atoms with E-state index in [1.54, 1.807) is 12.1 Å². The Kier molecular flexibility index (Phi) is 6.26. The van der Waals surface area contributed by atoms with Gasteiger partial charge in [0.25, 0.3) is 0 Å². The van der Waals surface area contributed by atoms with E-state index in [0.29, 0.717) is 30.5 Å². The Balaban J connectivity index is 1.70. The third kappa shape index (κ3) is 5.81. The molecular weight excluding hydrogens is 294 g/mol. The molecule has 0 radical (unpaired) electrons. The number of nitrogens with zero attached hydrogens (tertiary/aromatic N) is 1. The first-order valence-corrected chi connectivity index (χ1v) is 8.08. The van der Waals surface area contributed by atoms with Gasteiger partial charge in [-0.05, 0) is 30.9 Å². The van der Waals surface area contributed by atoms with E-state index in [-0.39, 0.29) is 11.9 Å². The molecular formula is C17H25N3O3. The van der Waals surface area contributed by atoms with Gasteiger partial charge in [-0.3, -0.25) is 4.79 Å². The molecule has 1 aliphatic rings. The minimum atomic E-state index is -0.120. The predicted octanol–water partition coefficient (Wildman–Crippen LogP) is 2.47. The number of hydrogen-bond donors (Lipinski definition) is 2. The van der Waals surface area contributed by atoms with Crippen LogP contribution in [0.2, 0.25) is 0 Å². The average Bonchev–Trinajstić information content (AvgIpc) is 2.51. The average molecular weight is 319 g/mol. The zero-order valence-corrected chi connectivity index (χ0v) is 13.8. The molecule has 0 aromatic heterocycles. The Bertz CT molecular complexity index is 548. The van der Waals surface area contributed by atoms with Crippen molar-refractivity contribution >= 4 is 17.6 Å². The molecule has 0 aliphatic carbocycles. The lowest BCUT2D eigenvalue weighted by Gasteiger charge is -2.30. The van der Waals surface area contributed by atoms with Gasteiger partial charge in [0.15, 0.2) is 0 Å². The van der Waals surface area contributed by atoms with Gasteiger partial charge in [0.2, 0.25) is 5.91 Å². The highest BCUT2D eigenvalue weighted by Gasteiger charge is 2.20. The summed E-state index contributed by atoms with van der Waals surface area (Å²) in [5.41, 5.74) is 0.696. The molecule has 1 aromatic rings. The van der Waals surface area contributed by atoms with Crippen LogP contribution in [0.4, 0.5) is 10.5 Å². The fourth-order valence-electron chi connectivity index (χ4n) is 2.68. The second kappa shape index (κ2) is 8.41. The fraction of sp³-hybridized carbons (Fsp3) is 0.529. The highest BCUT2D eigenvalue weighted by molar-refractivity contribution is 5.88. The Labute approximate surface area is 137 Å². The summed E-state index contributed by atoms with van der Waals surface area (Å²) in [4.78, 5) is 24.9. The van der Waals surface area contributed by atoms with Crippen LogP contribution in [0.1, 0.15) is 26.7 Å². The number of urea groups is 1. The number of anilines is 1. The third-order valence-corrected chi connectivity index (χ3v) is 3.75. The van der Waals surface area contributed by atoms with E-state index in [0.717, 1.165) is 19.5 Å². The number of benzene rings is 1. The summed E-state index contributed by atoms with van der Waals surface area (Å²) in [6.45, 7) is 6.13. The number of likely N-dealkylation sites (tertiary alicyclic amines) is 1. The van der Waals surface area contributed by atoms with Crippen LogP contribution in [-0.4, -0.2) is 43.1 Å². The number of rotatable bonds is 5. The first-order chi connectivity index (χ1) is 11.0. The zero-order valence-electron chi connectivity index (χ0n) is 13.8. The van der Waals surface area contributed by atoms with E-state index in [4.69, 9.17) is 4.74 Å². The number of carbonyl (C=O) groups is 2. The molecule has 1 aliphatic heterocycles. The Morgan fingerprint density at radius 2 is 2.22 bits per heavy atom. The summed E-state index contributed by atoms with van der Waals surface area (Å²) in [5, 5.41) is 5.59. The van der Waals surface area contributed by atoms with Gasteiger partial charge in [-0.2, -0.15) is 0 Å². The van der Waals surface area contributed by atoms with Crippen LogP contribution >= 0.6 is 0 Å². The minimum Gasteiger partial charge on any atom is -0.492 e. The minimum absolute atomic E-state index is 0.0212. The summed E-state index contributed by atoms with van der Waals surface area (Å²) in [7, 11) is 0. The smallest absolute Gasteiger partial charge is 0.317 e. The quantitative estimate of drug-likeness (QED) is 0.819. The number of ether oxygens (including phenoxy) is 1. The molecule has 2 N–H and O–H groups in total. The second-order valence-corrected chi connectivity index (χ2v) is 5.98. The van der Waals surface area contributed by atoms with Gasteiger partial charge >= 0.3 is 6.03 Å². The summed E-state index contributed by atoms with van der Waals surface area (Å²) in [6, 6.07) is 7.17. The summed E-state index contributed by atoms with van der Waals surface area (Å²) < 4.78 is 5.60. The molecule has 1 atom stereocenters. The lowest BCUT2D eigenvalue weighted by Crippen LogP contribution is -2.45. The third-order valence-electron chi connectivity index (χ3n) is 3.75. The first-order valence-electron chi connectivity index (χ1n) is 8.08. The molecule has 126 valence electrons. The van der Waals surface area contributed by atoms with Crippen LogP contribution in [0.25, 0.3) is 0 Å². The molecule has 1 saturated heterocycles. The molecule has 1 aromatic carbocycles. The first kappa shape index (κ1) is 17.1. The molecule has 23 heavy (non-hydrogen) atoms. The van der Waals surface area contributed by atoms with Crippen molar-refractivity contribution in [1.82, 2.24) is 10.2 Å². The lowest BCUT2D eigenvalue weighted by atomic mass is 10.0. The number of carbonyl (C=O) groups excluding carboxylic acids is 2. The van der Waals surface area contributed by atoms with Crippen molar-refractivity contribution in [2.75, 3.05) is 31.6 Å². The molecule has 0 bridgehead atoms. The van der Waals surface area contributed by atoms with Crippen molar-refractivity contribution in [2.24, 2.45) is 5.92 Å². The number of nitrogens with one attached hydrogen (secondary N) is 2. The van der Waals surface area contributed by atoms with Crippen molar-refractivity contribution in [1.29, 1.82) is 0 Å². The van der Waals surface area contributed by atoms with Crippen LogP contribution in [-0.2, 0) is 4.79 Å². The van der Waals surface area contributed by atoms with Crippen molar-refractivity contribution in [3.05, 3.63) is 24.3 Å². The maximum Gasteiger partial charge on any atom is 0.317 e. The van der Waals surface area contributed by atoms with Crippen molar-refractivity contribution < 1.29 is 14.3 Å². The number of piperidine rings is 1. The molecule has 6 heteroatoms. The Morgan fingerprint density at radius 1 is 1.39 bits per heavy atom. The van der Waals surface area contributed by atoms with Crippen LogP contribution in [0.3, 0.4) is 0 Å². The van der Waals surface area contributed by atoms with Gasteiger partial charge in [0.05, 0.1) is 6.54 Å². The van der Waals surface area contributed by atoms with Gasteiger partial charge in [0, 0.05) is 31.8 Å². The second-order valence-electron chi connectivity index (χ2n) is 5.98. The van der Waals surface area contributed by atoms with Crippen LogP contribution < -0.4 is 15.4 Å². The predicted molar refractivity (Wildman–Crippen MR) is 89.6 cm³/mol. The van der Waals surface area contributed by atoms with Crippen molar-refractivity contribution in [3.8, 4) is 5.75 Å². The number of hydrogen-bond acceptors (Lipinski definition) is 3. The van der Waals surface area contributed by atoms with Crippen molar-refractivity contribution in [2.45, 2.75) is 26.7 Å². The molecule has 2 rings (SSSR count). The van der Waals surface area contributed by atoms with Gasteiger partial charge in [-0.15, -0.1) is 0 Å². The molecule has 3 amide bonds. The van der Waals surface area contributed by atoms with Gasteiger partial charge < -0.3 is 20.3 Å². The van der Waals surface area contributed by atoms with E-state index in [1.165, 1.54) is 13.3 Å². The molecule has 1 fully saturated rings. The zero-order chi connectivity index (χ0) is 16.7. The molecule has 0 unspecified atom stereocenters. The fourth-order valence-corrected chi connectivity index (χ4v) is 2.68. The van der Waals surface area contributed by atoms with Gasteiger partial charge in [-0.25, -0.2) is 4.79 Å².